The van der Waals surface area contributed by atoms with E-state index in [2.05, 4.69) is 44.0 Å². The Morgan fingerprint density at radius 3 is 3.05 bits per heavy atom. The summed E-state index contributed by atoms with van der Waals surface area (Å²) >= 11 is 3.68. The predicted molar refractivity (Wildman–Crippen MR) is 83.6 cm³/mol. The fraction of sp³-hybridized carbons (Fsp3) is 0.333. The summed E-state index contributed by atoms with van der Waals surface area (Å²) in [4.78, 5) is 9.68. The van der Waals surface area contributed by atoms with E-state index in [0.29, 0.717) is 24.3 Å². The molecule has 4 nitrogen and oxygen atoms in total. The highest BCUT2D eigenvalue weighted by Gasteiger charge is 2.31. The van der Waals surface area contributed by atoms with E-state index in [1.54, 1.807) is 0 Å². The van der Waals surface area contributed by atoms with E-state index in [4.69, 9.17) is 4.52 Å². The monoisotopic (exact) mass is 317 g/mol. The first kappa shape index (κ1) is 13.2. The first-order valence-corrected chi connectivity index (χ1v) is 8.70. The molecule has 1 aliphatic heterocycles. The Hall–Kier alpha value is -1.50. The average Bonchev–Trinajstić information content (AvgIpc) is 3.20. The average molecular weight is 317 g/mol. The molecular formula is C15H15N3OS2. The van der Waals surface area contributed by atoms with Crippen LogP contribution in [0.25, 0.3) is 0 Å². The van der Waals surface area contributed by atoms with Crippen LogP contribution in [0.15, 0.2) is 33.5 Å². The highest BCUT2D eigenvalue weighted by atomic mass is 32.1. The summed E-state index contributed by atoms with van der Waals surface area (Å²) in [6.45, 7) is 3.59. The van der Waals surface area contributed by atoms with Crippen LogP contribution in [0.5, 0.6) is 0 Å². The van der Waals surface area contributed by atoms with Crippen molar-refractivity contribution in [2.75, 3.05) is 6.54 Å². The Labute approximate surface area is 131 Å². The fourth-order valence-electron chi connectivity index (χ4n) is 2.90. The molecule has 0 amide bonds. The SMILES string of the molecule is Cc1noc(CN2CCc3sccc3C2c2cccs2)n1. The summed E-state index contributed by atoms with van der Waals surface area (Å²) in [6.07, 6.45) is 1.10. The Morgan fingerprint density at radius 1 is 1.33 bits per heavy atom. The minimum absolute atomic E-state index is 0.312. The summed E-state index contributed by atoms with van der Waals surface area (Å²) < 4.78 is 5.31. The van der Waals surface area contributed by atoms with E-state index in [9.17, 15) is 0 Å². The molecule has 0 saturated carbocycles. The highest BCUT2D eigenvalue weighted by molar-refractivity contribution is 7.10. The molecule has 6 heteroatoms. The van der Waals surface area contributed by atoms with Gasteiger partial charge in [-0.25, -0.2) is 0 Å². The lowest BCUT2D eigenvalue weighted by Crippen LogP contribution is -2.34. The summed E-state index contributed by atoms with van der Waals surface area (Å²) in [5.74, 6) is 1.40. The lowest BCUT2D eigenvalue weighted by molar-refractivity contribution is 0.181. The van der Waals surface area contributed by atoms with Crippen LogP contribution in [0.1, 0.15) is 33.1 Å². The molecule has 0 bridgehead atoms. The molecule has 0 radical (unpaired) electrons. The maximum absolute atomic E-state index is 5.31. The van der Waals surface area contributed by atoms with Crippen LogP contribution in [0, 0.1) is 6.92 Å². The van der Waals surface area contributed by atoms with Gasteiger partial charge in [-0.05, 0) is 41.8 Å². The van der Waals surface area contributed by atoms with Gasteiger partial charge in [0.05, 0.1) is 12.6 Å². The zero-order chi connectivity index (χ0) is 14.2. The Morgan fingerprint density at radius 2 is 2.29 bits per heavy atom. The molecule has 1 aliphatic rings. The van der Waals surface area contributed by atoms with Gasteiger partial charge in [0.25, 0.3) is 0 Å². The van der Waals surface area contributed by atoms with Gasteiger partial charge in [0.15, 0.2) is 5.82 Å². The van der Waals surface area contributed by atoms with Crippen molar-refractivity contribution in [3.63, 3.8) is 0 Å². The second-order valence-electron chi connectivity index (χ2n) is 5.17. The molecule has 4 rings (SSSR count). The molecule has 21 heavy (non-hydrogen) atoms. The standard InChI is InChI=1S/C15H15N3OS2/c1-10-16-14(19-17-10)9-18-6-4-12-11(5-8-21-12)15(18)13-3-2-7-20-13/h2-3,5,7-8,15H,4,6,9H2,1H3. The van der Waals surface area contributed by atoms with Crippen molar-refractivity contribution >= 4 is 22.7 Å². The molecule has 1 unspecified atom stereocenters. The topological polar surface area (TPSA) is 42.2 Å². The van der Waals surface area contributed by atoms with E-state index in [-0.39, 0.29) is 0 Å². The van der Waals surface area contributed by atoms with E-state index in [0.717, 1.165) is 13.0 Å². The number of hydrogen-bond donors (Lipinski definition) is 0. The Kier molecular flexibility index (Phi) is 3.37. The van der Waals surface area contributed by atoms with E-state index >= 15 is 0 Å². The maximum Gasteiger partial charge on any atom is 0.240 e. The third-order valence-electron chi connectivity index (χ3n) is 3.79. The van der Waals surface area contributed by atoms with Crippen molar-refractivity contribution in [2.45, 2.75) is 25.9 Å². The molecule has 0 spiro atoms. The number of thiophene rings is 2. The summed E-state index contributed by atoms with van der Waals surface area (Å²) in [5, 5.41) is 8.24. The lowest BCUT2D eigenvalue weighted by Gasteiger charge is -2.34. The van der Waals surface area contributed by atoms with Crippen LogP contribution >= 0.6 is 22.7 Å². The van der Waals surface area contributed by atoms with Gasteiger partial charge in [0.2, 0.25) is 5.89 Å². The molecule has 0 aromatic carbocycles. The number of aromatic nitrogens is 2. The van der Waals surface area contributed by atoms with Crippen LogP contribution in [0.4, 0.5) is 0 Å². The molecule has 4 heterocycles. The molecule has 3 aromatic heterocycles. The summed E-state index contributed by atoms with van der Waals surface area (Å²) in [6, 6.07) is 6.91. The van der Waals surface area contributed by atoms with Gasteiger partial charge in [-0.1, -0.05) is 11.2 Å². The fourth-order valence-corrected chi connectivity index (χ4v) is 4.68. The van der Waals surface area contributed by atoms with E-state index in [1.807, 2.05) is 29.6 Å². The van der Waals surface area contributed by atoms with E-state index in [1.165, 1.54) is 15.3 Å². The molecule has 0 aliphatic carbocycles. The first-order valence-electron chi connectivity index (χ1n) is 6.94. The Bertz CT molecular complexity index is 732. The summed E-state index contributed by atoms with van der Waals surface area (Å²) in [7, 11) is 0. The van der Waals surface area contributed by atoms with Gasteiger partial charge in [-0.2, -0.15) is 4.98 Å². The molecule has 0 saturated heterocycles. The van der Waals surface area contributed by atoms with Crippen molar-refractivity contribution in [3.8, 4) is 0 Å². The van der Waals surface area contributed by atoms with Crippen LogP contribution < -0.4 is 0 Å². The number of aryl methyl sites for hydroxylation is 1. The number of hydrogen-bond acceptors (Lipinski definition) is 6. The zero-order valence-electron chi connectivity index (χ0n) is 11.7. The maximum atomic E-state index is 5.31. The second kappa shape index (κ2) is 5.36. The van der Waals surface area contributed by atoms with Crippen LogP contribution in [0.2, 0.25) is 0 Å². The van der Waals surface area contributed by atoms with Gasteiger partial charge in [-0.3, -0.25) is 4.90 Å². The van der Waals surface area contributed by atoms with Crippen LogP contribution in [-0.4, -0.2) is 21.6 Å². The van der Waals surface area contributed by atoms with Gasteiger partial charge in [0, 0.05) is 16.3 Å². The summed E-state index contributed by atoms with van der Waals surface area (Å²) in [5.41, 5.74) is 1.44. The lowest BCUT2D eigenvalue weighted by atomic mass is 9.98. The molecule has 1 atom stereocenters. The highest BCUT2D eigenvalue weighted by Crippen LogP contribution is 2.39. The van der Waals surface area contributed by atoms with Crippen molar-refractivity contribution in [2.24, 2.45) is 0 Å². The van der Waals surface area contributed by atoms with Crippen LogP contribution in [0.3, 0.4) is 0 Å². The van der Waals surface area contributed by atoms with Crippen molar-refractivity contribution in [1.29, 1.82) is 0 Å². The quantitative estimate of drug-likeness (QED) is 0.739. The minimum Gasteiger partial charge on any atom is -0.338 e. The molecule has 3 aromatic rings. The number of fused-ring (bicyclic) bond motifs is 1. The van der Waals surface area contributed by atoms with Gasteiger partial charge >= 0.3 is 0 Å². The molecule has 0 N–H and O–H groups in total. The second-order valence-corrected chi connectivity index (χ2v) is 7.15. The van der Waals surface area contributed by atoms with Crippen molar-refractivity contribution in [3.05, 3.63) is 56.0 Å². The van der Waals surface area contributed by atoms with Crippen LogP contribution in [-0.2, 0) is 13.0 Å². The smallest absolute Gasteiger partial charge is 0.240 e. The zero-order valence-corrected chi connectivity index (χ0v) is 13.3. The molecule has 108 valence electrons. The molecule has 0 fully saturated rings. The van der Waals surface area contributed by atoms with Gasteiger partial charge < -0.3 is 4.52 Å². The van der Waals surface area contributed by atoms with Gasteiger partial charge in [0.1, 0.15) is 0 Å². The third kappa shape index (κ3) is 2.43. The normalized spacial score (nSPS) is 18.8. The number of nitrogens with zero attached hydrogens (tertiary/aromatic N) is 3. The Balaban J connectivity index is 1.69. The predicted octanol–water partition coefficient (Wildman–Crippen LogP) is 3.65. The van der Waals surface area contributed by atoms with Crippen molar-refractivity contribution < 1.29 is 4.52 Å². The van der Waals surface area contributed by atoms with Crippen molar-refractivity contribution in [1.82, 2.24) is 15.0 Å². The third-order valence-corrected chi connectivity index (χ3v) is 5.71. The number of rotatable bonds is 3. The largest absolute Gasteiger partial charge is 0.338 e. The first-order chi connectivity index (χ1) is 10.3. The van der Waals surface area contributed by atoms with Gasteiger partial charge in [-0.15, -0.1) is 22.7 Å². The minimum atomic E-state index is 0.312. The van der Waals surface area contributed by atoms with E-state index < -0.39 is 0 Å². The molecular weight excluding hydrogens is 302 g/mol.